The molecule has 0 aromatic carbocycles. The minimum atomic E-state index is 0.142. The first-order valence-electron chi connectivity index (χ1n) is 5.56. The molecule has 0 radical (unpaired) electrons. The quantitative estimate of drug-likeness (QED) is 0.706. The van der Waals surface area contributed by atoms with Crippen LogP contribution < -0.4 is 5.32 Å². The largest absolute Gasteiger partial charge is 0.348 e. The highest BCUT2D eigenvalue weighted by Crippen LogP contribution is 2.35. The van der Waals surface area contributed by atoms with Crippen molar-refractivity contribution >= 4 is 5.91 Å². The SMILES string of the molecule is CN(C)C(=O)CNCC1(N(C)C)CCC1. The predicted molar refractivity (Wildman–Crippen MR) is 61.8 cm³/mol. The monoisotopic (exact) mass is 213 g/mol. The van der Waals surface area contributed by atoms with Crippen LogP contribution >= 0.6 is 0 Å². The molecule has 0 aromatic heterocycles. The molecule has 4 heteroatoms. The Kier molecular flexibility index (Phi) is 4.11. The van der Waals surface area contributed by atoms with Crippen LogP contribution in [0.1, 0.15) is 19.3 Å². The van der Waals surface area contributed by atoms with Gasteiger partial charge in [0, 0.05) is 26.2 Å². The molecule has 1 saturated carbocycles. The van der Waals surface area contributed by atoms with Crippen molar-refractivity contribution in [3.8, 4) is 0 Å². The van der Waals surface area contributed by atoms with Crippen LogP contribution in [0.2, 0.25) is 0 Å². The van der Waals surface area contributed by atoms with Gasteiger partial charge in [0.2, 0.25) is 5.91 Å². The topological polar surface area (TPSA) is 35.6 Å². The summed E-state index contributed by atoms with van der Waals surface area (Å²) in [5, 5.41) is 3.26. The molecule has 88 valence electrons. The predicted octanol–water partition coefficient (Wildman–Crippen LogP) is 0.149. The van der Waals surface area contributed by atoms with Crippen LogP contribution in [0, 0.1) is 0 Å². The Hall–Kier alpha value is -0.610. The standard InChI is InChI=1S/C11H23N3O/c1-13(2)10(15)8-12-9-11(14(3)4)6-5-7-11/h12H,5-9H2,1-4H3. The third-order valence-corrected chi connectivity index (χ3v) is 3.46. The van der Waals surface area contributed by atoms with E-state index in [-0.39, 0.29) is 5.91 Å². The number of carbonyl (C=O) groups is 1. The molecular formula is C11H23N3O. The van der Waals surface area contributed by atoms with Gasteiger partial charge in [-0.2, -0.15) is 0 Å². The fourth-order valence-corrected chi connectivity index (χ4v) is 1.93. The lowest BCUT2D eigenvalue weighted by molar-refractivity contribution is -0.127. The summed E-state index contributed by atoms with van der Waals surface area (Å²) in [5.41, 5.74) is 0.298. The fourth-order valence-electron chi connectivity index (χ4n) is 1.93. The van der Waals surface area contributed by atoms with Gasteiger partial charge in [0.1, 0.15) is 0 Å². The van der Waals surface area contributed by atoms with Gasteiger partial charge in [0.15, 0.2) is 0 Å². The molecule has 1 aliphatic carbocycles. The van der Waals surface area contributed by atoms with Gasteiger partial charge in [0.25, 0.3) is 0 Å². The summed E-state index contributed by atoms with van der Waals surface area (Å²) >= 11 is 0. The minimum Gasteiger partial charge on any atom is -0.348 e. The summed E-state index contributed by atoms with van der Waals surface area (Å²) in [6.07, 6.45) is 3.79. The van der Waals surface area contributed by atoms with Crippen molar-refractivity contribution in [3.63, 3.8) is 0 Å². The van der Waals surface area contributed by atoms with Gasteiger partial charge < -0.3 is 15.1 Å². The molecular weight excluding hydrogens is 190 g/mol. The van der Waals surface area contributed by atoms with Gasteiger partial charge in [0.05, 0.1) is 6.54 Å². The zero-order valence-corrected chi connectivity index (χ0v) is 10.3. The van der Waals surface area contributed by atoms with Crippen LogP contribution in [0.5, 0.6) is 0 Å². The van der Waals surface area contributed by atoms with E-state index in [1.807, 2.05) is 0 Å². The van der Waals surface area contributed by atoms with E-state index in [2.05, 4.69) is 24.3 Å². The molecule has 1 aliphatic rings. The van der Waals surface area contributed by atoms with Crippen molar-refractivity contribution in [1.82, 2.24) is 15.1 Å². The molecule has 1 fully saturated rings. The number of likely N-dealkylation sites (N-methyl/N-ethyl adjacent to an activating group) is 2. The van der Waals surface area contributed by atoms with E-state index >= 15 is 0 Å². The highest BCUT2D eigenvalue weighted by Gasteiger charge is 2.38. The van der Waals surface area contributed by atoms with Crippen LogP contribution in [-0.2, 0) is 4.79 Å². The van der Waals surface area contributed by atoms with Crippen LogP contribution in [-0.4, -0.2) is 62.5 Å². The Morgan fingerprint density at radius 3 is 2.20 bits per heavy atom. The van der Waals surface area contributed by atoms with Crippen molar-refractivity contribution in [2.45, 2.75) is 24.8 Å². The lowest BCUT2D eigenvalue weighted by Gasteiger charge is -2.47. The van der Waals surface area contributed by atoms with Gasteiger partial charge in [-0.15, -0.1) is 0 Å². The van der Waals surface area contributed by atoms with Crippen molar-refractivity contribution in [2.75, 3.05) is 41.3 Å². The maximum Gasteiger partial charge on any atom is 0.236 e. The van der Waals surface area contributed by atoms with E-state index in [1.54, 1.807) is 19.0 Å². The second-order valence-corrected chi connectivity index (χ2v) is 4.86. The number of carbonyl (C=O) groups excluding carboxylic acids is 1. The van der Waals surface area contributed by atoms with E-state index < -0.39 is 0 Å². The molecule has 0 unspecified atom stereocenters. The maximum absolute atomic E-state index is 11.4. The van der Waals surface area contributed by atoms with E-state index in [4.69, 9.17) is 0 Å². The number of hydrogen-bond acceptors (Lipinski definition) is 3. The van der Waals surface area contributed by atoms with Gasteiger partial charge in [-0.25, -0.2) is 0 Å². The van der Waals surface area contributed by atoms with Crippen molar-refractivity contribution in [1.29, 1.82) is 0 Å². The average Bonchev–Trinajstić information content (AvgIpc) is 2.08. The minimum absolute atomic E-state index is 0.142. The summed E-state index contributed by atoms with van der Waals surface area (Å²) in [4.78, 5) is 15.3. The number of rotatable bonds is 5. The molecule has 0 spiro atoms. The van der Waals surface area contributed by atoms with E-state index in [9.17, 15) is 4.79 Å². The van der Waals surface area contributed by atoms with Crippen molar-refractivity contribution in [2.24, 2.45) is 0 Å². The molecule has 0 saturated heterocycles. The summed E-state index contributed by atoms with van der Waals surface area (Å²) in [7, 11) is 7.81. The first-order chi connectivity index (χ1) is 6.98. The Bertz CT molecular complexity index is 222. The second-order valence-electron chi connectivity index (χ2n) is 4.86. The number of nitrogens with one attached hydrogen (secondary N) is 1. The van der Waals surface area contributed by atoms with Crippen molar-refractivity contribution in [3.05, 3.63) is 0 Å². The lowest BCUT2D eigenvalue weighted by Crippen LogP contribution is -2.57. The Morgan fingerprint density at radius 2 is 1.87 bits per heavy atom. The maximum atomic E-state index is 11.4. The smallest absolute Gasteiger partial charge is 0.236 e. The Labute approximate surface area is 92.6 Å². The summed E-state index contributed by atoms with van der Waals surface area (Å²) < 4.78 is 0. The van der Waals surface area contributed by atoms with Gasteiger partial charge in [-0.1, -0.05) is 0 Å². The van der Waals surface area contributed by atoms with E-state index in [1.165, 1.54) is 19.3 Å². The molecule has 0 aliphatic heterocycles. The summed E-state index contributed by atoms with van der Waals surface area (Å²) in [5.74, 6) is 0.142. The average molecular weight is 213 g/mol. The first-order valence-corrected chi connectivity index (χ1v) is 5.56. The van der Waals surface area contributed by atoms with Gasteiger partial charge >= 0.3 is 0 Å². The number of nitrogens with zero attached hydrogens (tertiary/aromatic N) is 2. The first kappa shape index (κ1) is 12.5. The normalized spacial score (nSPS) is 18.7. The highest BCUT2D eigenvalue weighted by molar-refractivity contribution is 5.77. The third kappa shape index (κ3) is 2.92. The molecule has 1 N–H and O–H groups in total. The van der Waals surface area contributed by atoms with E-state index in [0.29, 0.717) is 12.1 Å². The second kappa shape index (κ2) is 4.94. The summed E-state index contributed by atoms with van der Waals surface area (Å²) in [6.45, 7) is 1.36. The van der Waals surface area contributed by atoms with Crippen LogP contribution in [0.25, 0.3) is 0 Å². The van der Waals surface area contributed by atoms with Gasteiger partial charge in [-0.05, 0) is 33.4 Å². The number of hydrogen-bond donors (Lipinski definition) is 1. The zero-order valence-electron chi connectivity index (χ0n) is 10.3. The molecule has 15 heavy (non-hydrogen) atoms. The Morgan fingerprint density at radius 1 is 1.27 bits per heavy atom. The van der Waals surface area contributed by atoms with Crippen molar-refractivity contribution < 1.29 is 4.79 Å². The Balaban J connectivity index is 2.27. The molecule has 0 heterocycles. The zero-order chi connectivity index (χ0) is 11.5. The molecule has 4 nitrogen and oxygen atoms in total. The van der Waals surface area contributed by atoms with Crippen LogP contribution in [0.4, 0.5) is 0 Å². The molecule has 0 bridgehead atoms. The lowest BCUT2D eigenvalue weighted by atomic mass is 9.75. The van der Waals surface area contributed by atoms with Crippen LogP contribution in [0.15, 0.2) is 0 Å². The van der Waals surface area contributed by atoms with E-state index in [0.717, 1.165) is 6.54 Å². The fraction of sp³-hybridized carbons (Fsp3) is 0.909. The molecule has 0 aromatic rings. The summed E-state index contributed by atoms with van der Waals surface area (Å²) in [6, 6.07) is 0. The third-order valence-electron chi connectivity index (χ3n) is 3.46. The highest BCUT2D eigenvalue weighted by atomic mass is 16.2. The molecule has 1 rings (SSSR count). The number of amides is 1. The van der Waals surface area contributed by atoms with Gasteiger partial charge in [-0.3, -0.25) is 4.79 Å². The molecule has 1 amide bonds. The molecule has 0 atom stereocenters. The van der Waals surface area contributed by atoms with Crippen LogP contribution in [0.3, 0.4) is 0 Å².